The van der Waals surface area contributed by atoms with Gasteiger partial charge in [0.1, 0.15) is 11.3 Å². The third-order valence-corrected chi connectivity index (χ3v) is 3.84. The average Bonchev–Trinajstić information content (AvgIpc) is 3.05. The van der Waals surface area contributed by atoms with Crippen LogP contribution < -0.4 is 14.8 Å². The second kappa shape index (κ2) is 7.74. The van der Waals surface area contributed by atoms with E-state index in [1.807, 2.05) is 6.07 Å². The van der Waals surface area contributed by atoms with E-state index in [9.17, 15) is 9.59 Å². The number of ether oxygens (including phenoxy) is 2. The van der Waals surface area contributed by atoms with Crippen LogP contribution in [0.1, 0.15) is 52.1 Å². The van der Waals surface area contributed by atoms with Gasteiger partial charge in [-0.1, -0.05) is 13.0 Å². The van der Waals surface area contributed by atoms with E-state index in [-0.39, 0.29) is 23.1 Å². The predicted octanol–water partition coefficient (Wildman–Crippen LogP) is 3.05. The summed E-state index contributed by atoms with van der Waals surface area (Å²) in [7, 11) is 3.08. The lowest BCUT2D eigenvalue weighted by atomic mass is 10.1. The molecule has 0 bridgehead atoms. The summed E-state index contributed by atoms with van der Waals surface area (Å²) in [5.74, 6) is -0.204. The second-order valence-corrected chi connectivity index (χ2v) is 5.42. The fraction of sp³-hybridized carbons (Fsp3) is 0.333. The number of rotatable bonds is 7. The lowest BCUT2D eigenvalue weighted by molar-refractivity contribution is 0.0694. The standard InChI is InChI=1S/C18H21NO6/c1-5-13-12(18(21)22)9-16(25-13)17(20)19-10(2)11-6-7-14(23-3)15(8-11)24-4/h6-10H,5H2,1-4H3,(H,19,20)(H,21,22). The number of aryl methyl sites for hydroxylation is 1. The predicted molar refractivity (Wildman–Crippen MR) is 90.5 cm³/mol. The normalized spacial score (nSPS) is 11.7. The van der Waals surface area contributed by atoms with E-state index in [2.05, 4.69) is 5.32 Å². The van der Waals surface area contributed by atoms with Crippen LogP contribution in [-0.4, -0.2) is 31.2 Å². The van der Waals surface area contributed by atoms with Gasteiger partial charge in [0, 0.05) is 12.5 Å². The van der Waals surface area contributed by atoms with Gasteiger partial charge in [0.05, 0.1) is 20.3 Å². The van der Waals surface area contributed by atoms with Crippen LogP contribution in [0, 0.1) is 0 Å². The molecule has 2 aromatic rings. The number of nitrogens with one attached hydrogen (secondary N) is 1. The number of benzene rings is 1. The highest BCUT2D eigenvalue weighted by Gasteiger charge is 2.21. The van der Waals surface area contributed by atoms with Gasteiger partial charge in [-0.3, -0.25) is 4.79 Å². The summed E-state index contributed by atoms with van der Waals surface area (Å²) in [6.07, 6.45) is 0.389. The summed E-state index contributed by atoms with van der Waals surface area (Å²) >= 11 is 0. The molecule has 134 valence electrons. The summed E-state index contributed by atoms with van der Waals surface area (Å²) in [5.41, 5.74) is 0.818. The largest absolute Gasteiger partial charge is 0.493 e. The highest BCUT2D eigenvalue weighted by Crippen LogP contribution is 2.30. The zero-order chi connectivity index (χ0) is 18.6. The molecule has 1 aromatic carbocycles. The Hall–Kier alpha value is -2.96. The van der Waals surface area contributed by atoms with Crippen molar-refractivity contribution in [2.45, 2.75) is 26.3 Å². The summed E-state index contributed by atoms with van der Waals surface area (Å²) in [6.45, 7) is 3.57. The van der Waals surface area contributed by atoms with Crippen LogP contribution in [0.5, 0.6) is 11.5 Å². The number of carboxylic acids is 1. The second-order valence-electron chi connectivity index (χ2n) is 5.42. The molecule has 0 fully saturated rings. The van der Waals surface area contributed by atoms with Gasteiger partial charge in [0.25, 0.3) is 5.91 Å². The molecule has 25 heavy (non-hydrogen) atoms. The third kappa shape index (κ3) is 3.93. The molecule has 7 heteroatoms. The van der Waals surface area contributed by atoms with Gasteiger partial charge >= 0.3 is 5.97 Å². The molecular formula is C18H21NO6. The van der Waals surface area contributed by atoms with E-state index in [1.54, 1.807) is 33.1 Å². The maximum Gasteiger partial charge on any atom is 0.339 e. The molecule has 1 heterocycles. The maximum atomic E-state index is 12.4. The first-order chi connectivity index (χ1) is 11.9. The van der Waals surface area contributed by atoms with Crippen LogP contribution in [-0.2, 0) is 6.42 Å². The van der Waals surface area contributed by atoms with Crippen LogP contribution in [0.25, 0.3) is 0 Å². The molecule has 1 aromatic heterocycles. The molecule has 0 spiro atoms. The Kier molecular flexibility index (Phi) is 5.69. The summed E-state index contributed by atoms with van der Waals surface area (Å²) in [4.78, 5) is 23.5. The van der Waals surface area contributed by atoms with Crippen LogP contribution in [0.3, 0.4) is 0 Å². The number of aromatic carboxylic acids is 1. The van der Waals surface area contributed by atoms with Crippen molar-refractivity contribution in [3.63, 3.8) is 0 Å². The third-order valence-electron chi connectivity index (χ3n) is 3.84. The van der Waals surface area contributed by atoms with Crippen LogP contribution in [0.15, 0.2) is 28.7 Å². The van der Waals surface area contributed by atoms with E-state index in [0.717, 1.165) is 5.56 Å². The fourth-order valence-corrected chi connectivity index (χ4v) is 2.46. The van der Waals surface area contributed by atoms with E-state index in [1.165, 1.54) is 13.2 Å². The van der Waals surface area contributed by atoms with Crippen LogP contribution >= 0.6 is 0 Å². The maximum absolute atomic E-state index is 12.4. The van der Waals surface area contributed by atoms with Crippen molar-refractivity contribution < 1.29 is 28.6 Å². The zero-order valence-electron chi connectivity index (χ0n) is 14.6. The van der Waals surface area contributed by atoms with Crippen molar-refractivity contribution in [3.05, 3.63) is 46.9 Å². The molecule has 0 radical (unpaired) electrons. The van der Waals surface area contributed by atoms with E-state index in [0.29, 0.717) is 17.9 Å². The first-order valence-electron chi connectivity index (χ1n) is 7.80. The quantitative estimate of drug-likeness (QED) is 0.799. The van der Waals surface area contributed by atoms with E-state index >= 15 is 0 Å². The van der Waals surface area contributed by atoms with Gasteiger partial charge in [-0.15, -0.1) is 0 Å². The number of carbonyl (C=O) groups excluding carboxylic acids is 1. The van der Waals surface area contributed by atoms with Crippen molar-refractivity contribution in [3.8, 4) is 11.5 Å². The number of furan rings is 1. The van der Waals surface area contributed by atoms with Gasteiger partial charge in [-0.25, -0.2) is 4.79 Å². The lowest BCUT2D eigenvalue weighted by Crippen LogP contribution is -2.26. The minimum Gasteiger partial charge on any atom is -0.493 e. The van der Waals surface area contributed by atoms with E-state index in [4.69, 9.17) is 19.0 Å². The molecule has 1 amide bonds. The van der Waals surface area contributed by atoms with E-state index < -0.39 is 11.9 Å². The van der Waals surface area contributed by atoms with Crippen molar-refractivity contribution >= 4 is 11.9 Å². The van der Waals surface area contributed by atoms with Crippen molar-refractivity contribution in [2.75, 3.05) is 14.2 Å². The molecule has 2 rings (SSSR count). The number of methoxy groups -OCH3 is 2. The van der Waals surface area contributed by atoms with Gasteiger partial charge in [0.15, 0.2) is 17.3 Å². The molecule has 2 N–H and O–H groups in total. The Morgan fingerprint density at radius 2 is 1.88 bits per heavy atom. The van der Waals surface area contributed by atoms with Crippen LogP contribution in [0.2, 0.25) is 0 Å². The minimum absolute atomic E-state index is 0.00594. The molecule has 0 aliphatic heterocycles. The molecule has 0 aliphatic rings. The molecule has 0 saturated carbocycles. The molecule has 1 atom stereocenters. The van der Waals surface area contributed by atoms with Gasteiger partial charge in [-0.05, 0) is 24.6 Å². The number of hydrogen-bond donors (Lipinski definition) is 2. The van der Waals surface area contributed by atoms with Crippen molar-refractivity contribution in [1.29, 1.82) is 0 Å². The average molecular weight is 347 g/mol. The van der Waals surface area contributed by atoms with Crippen molar-refractivity contribution in [1.82, 2.24) is 5.32 Å². The Labute approximate surface area is 145 Å². The molecule has 1 unspecified atom stereocenters. The summed E-state index contributed by atoms with van der Waals surface area (Å²) < 4.78 is 15.8. The highest BCUT2D eigenvalue weighted by molar-refractivity contribution is 5.96. The zero-order valence-corrected chi connectivity index (χ0v) is 14.6. The van der Waals surface area contributed by atoms with Gasteiger partial charge in [0.2, 0.25) is 0 Å². The Morgan fingerprint density at radius 3 is 2.40 bits per heavy atom. The number of carbonyl (C=O) groups is 2. The smallest absolute Gasteiger partial charge is 0.339 e. The number of carboxylic acid groups (broad SMARTS) is 1. The Balaban J connectivity index is 2.19. The molecular weight excluding hydrogens is 326 g/mol. The first kappa shape index (κ1) is 18.4. The number of hydrogen-bond acceptors (Lipinski definition) is 5. The summed E-state index contributed by atoms with van der Waals surface area (Å²) in [6, 6.07) is 6.25. The van der Waals surface area contributed by atoms with Crippen molar-refractivity contribution in [2.24, 2.45) is 0 Å². The molecule has 0 aliphatic carbocycles. The molecule has 7 nitrogen and oxygen atoms in total. The SMILES string of the molecule is CCc1oc(C(=O)NC(C)c2ccc(OC)c(OC)c2)cc1C(=O)O. The Bertz CT molecular complexity index is 780. The Morgan fingerprint density at radius 1 is 1.20 bits per heavy atom. The topological polar surface area (TPSA) is 98.0 Å². The monoisotopic (exact) mass is 347 g/mol. The van der Waals surface area contributed by atoms with Crippen LogP contribution in [0.4, 0.5) is 0 Å². The minimum atomic E-state index is -1.12. The van der Waals surface area contributed by atoms with Gasteiger partial charge < -0.3 is 24.3 Å². The fourth-order valence-electron chi connectivity index (χ4n) is 2.46. The number of amides is 1. The lowest BCUT2D eigenvalue weighted by Gasteiger charge is -2.16. The summed E-state index contributed by atoms with van der Waals surface area (Å²) in [5, 5.41) is 11.9. The first-order valence-corrected chi connectivity index (χ1v) is 7.80. The highest BCUT2D eigenvalue weighted by atomic mass is 16.5. The van der Waals surface area contributed by atoms with Gasteiger partial charge in [-0.2, -0.15) is 0 Å². The molecule has 0 saturated heterocycles.